The van der Waals surface area contributed by atoms with Crippen LogP contribution in [-0.2, 0) is 11.8 Å². The summed E-state index contributed by atoms with van der Waals surface area (Å²) in [6, 6.07) is 3.52. The average molecular weight is 389 g/mol. The minimum absolute atomic E-state index is 0.0782. The Hall–Kier alpha value is -2.39. The molecule has 7 nitrogen and oxygen atoms in total. The number of carbonyl (C=O) groups is 1. The van der Waals surface area contributed by atoms with Gasteiger partial charge in [-0.1, -0.05) is 32.1 Å². The molecule has 0 bridgehead atoms. The Bertz CT molecular complexity index is 852. The molecule has 0 aliphatic rings. The molecule has 2 N–H and O–H groups in total. The molecule has 0 aliphatic heterocycles. The van der Waals surface area contributed by atoms with Crippen LogP contribution in [0.3, 0.4) is 0 Å². The molecule has 0 unspecified atom stereocenters. The van der Waals surface area contributed by atoms with Gasteiger partial charge in [0.05, 0.1) is 16.3 Å². The van der Waals surface area contributed by atoms with Crippen molar-refractivity contribution in [1.29, 1.82) is 0 Å². The molecule has 1 amide bonds. The van der Waals surface area contributed by atoms with Gasteiger partial charge in [-0.05, 0) is 12.1 Å². The molecule has 3 rings (SSSR count). The maximum Gasteiger partial charge on any atom is 0.259 e. The van der Waals surface area contributed by atoms with Gasteiger partial charge in [-0.2, -0.15) is 0 Å². The van der Waals surface area contributed by atoms with Gasteiger partial charge in [-0.25, -0.2) is 9.97 Å². The van der Waals surface area contributed by atoms with Crippen LogP contribution in [0, 0.1) is 0 Å². The molecular formula is C17H20N6OS2. The molecular weight excluding hydrogens is 368 g/mol. The van der Waals surface area contributed by atoms with E-state index in [1.807, 2.05) is 0 Å². The van der Waals surface area contributed by atoms with Crippen molar-refractivity contribution in [1.82, 2.24) is 20.2 Å². The second-order valence-electron chi connectivity index (χ2n) is 6.68. The lowest BCUT2D eigenvalue weighted by Crippen LogP contribution is -2.13. The van der Waals surface area contributed by atoms with Gasteiger partial charge < -0.3 is 5.32 Å². The van der Waals surface area contributed by atoms with Crippen LogP contribution < -0.4 is 10.6 Å². The minimum atomic E-state index is -0.252. The maximum atomic E-state index is 12.1. The predicted molar refractivity (Wildman–Crippen MR) is 105 cm³/mol. The molecule has 0 aliphatic carbocycles. The highest BCUT2D eigenvalue weighted by molar-refractivity contribution is 7.13. The third-order valence-corrected chi connectivity index (χ3v) is 5.09. The zero-order valence-corrected chi connectivity index (χ0v) is 16.4. The molecule has 0 radical (unpaired) electrons. The Morgan fingerprint density at radius 3 is 2.69 bits per heavy atom. The van der Waals surface area contributed by atoms with E-state index in [0.29, 0.717) is 10.7 Å². The molecule has 0 saturated heterocycles. The van der Waals surface area contributed by atoms with Crippen molar-refractivity contribution in [3.63, 3.8) is 0 Å². The van der Waals surface area contributed by atoms with Crippen molar-refractivity contribution >= 4 is 39.5 Å². The first-order valence-electron chi connectivity index (χ1n) is 8.14. The number of pyridine rings is 1. The average Bonchev–Trinajstić information content (AvgIpc) is 3.27. The molecule has 3 aromatic rings. The van der Waals surface area contributed by atoms with Gasteiger partial charge >= 0.3 is 0 Å². The highest BCUT2D eigenvalue weighted by Gasteiger charge is 2.17. The van der Waals surface area contributed by atoms with Gasteiger partial charge in [0.1, 0.15) is 11.3 Å². The van der Waals surface area contributed by atoms with Crippen LogP contribution in [0.5, 0.6) is 0 Å². The third-order valence-electron chi connectivity index (χ3n) is 3.57. The molecule has 9 heteroatoms. The van der Waals surface area contributed by atoms with Crippen LogP contribution in [0.1, 0.15) is 41.8 Å². The molecule has 0 saturated carbocycles. The lowest BCUT2D eigenvalue weighted by molar-refractivity contribution is 0.102. The van der Waals surface area contributed by atoms with E-state index in [9.17, 15) is 4.79 Å². The Morgan fingerprint density at radius 1 is 1.23 bits per heavy atom. The predicted octanol–water partition coefficient (Wildman–Crippen LogP) is 3.59. The summed E-state index contributed by atoms with van der Waals surface area (Å²) in [5.74, 6) is 0.475. The lowest BCUT2D eigenvalue weighted by Gasteiger charge is -2.14. The fourth-order valence-electron chi connectivity index (χ4n) is 2.10. The number of carbonyl (C=O) groups excluding carboxylic acids is 1. The quantitative estimate of drug-likeness (QED) is 0.670. The number of amides is 1. The van der Waals surface area contributed by atoms with E-state index in [1.165, 1.54) is 11.3 Å². The van der Waals surface area contributed by atoms with Gasteiger partial charge in [0.15, 0.2) is 0 Å². The zero-order chi connectivity index (χ0) is 18.6. The van der Waals surface area contributed by atoms with Crippen molar-refractivity contribution in [2.75, 3.05) is 17.2 Å². The molecule has 0 atom stereocenters. The van der Waals surface area contributed by atoms with E-state index in [1.54, 1.807) is 35.2 Å². The standard InChI is InChI=1S/C17H20N6OS2/c1-17(2,3)12-9-25-14(21-12)6-7-18-13-5-4-11(8-19-13)15(24)22-16-23-20-10-26-16/h4-5,8-10H,6-7H2,1-3H3,(H,18,19)(H,22,23,24). The monoisotopic (exact) mass is 388 g/mol. The van der Waals surface area contributed by atoms with Gasteiger partial charge in [0.25, 0.3) is 5.91 Å². The van der Waals surface area contributed by atoms with Crippen molar-refractivity contribution in [2.24, 2.45) is 0 Å². The lowest BCUT2D eigenvalue weighted by atomic mass is 9.93. The van der Waals surface area contributed by atoms with Crippen LogP contribution in [0.25, 0.3) is 0 Å². The van der Waals surface area contributed by atoms with Gasteiger partial charge in [-0.15, -0.1) is 21.5 Å². The molecule has 136 valence electrons. The number of nitrogens with zero attached hydrogens (tertiary/aromatic N) is 4. The minimum Gasteiger partial charge on any atom is -0.370 e. The van der Waals surface area contributed by atoms with Crippen LogP contribution >= 0.6 is 22.7 Å². The molecule has 0 aromatic carbocycles. The van der Waals surface area contributed by atoms with Crippen LogP contribution in [0.2, 0.25) is 0 Å². The summed E-state index contributed by atoms with van der Waals surface area (Å²) < 4.78 is 0. The Kier molecular flexibility index (Phi) is 5.58. The van der Waals surface area contributed by atoms with Gasteiger partial charge in [0, 0.05) is 30.0 Å². The summed E-state index contributed by atoms with van der Waals surface area (Å²) in [5, 5.41) is 17.1. The first-order chi connectivity index (χ1) is 12.4. The van der Waals surface area contributed by atoms with E-state index < -0.39 is 0 Å². The summed E-state index contributed by atoms with van der Waals surface area (Å²) in [7, 11) is 0. The van der Waals surface area contributed by atoms with Crippen molar-refractivity contribution in [2.45, 2.75) is 32.6 Å². The summed E-state index contributed by atoms with van der Waals surface area (Å²) >= 11 is 2.95. The van der Waals surface area contributed by atoms with E-state index >= 15 is 0 Å². The number of hydrogen-bond acceptors (Lipinski definition) is 8. The largest absolute Gasteiger partial charge is 0.370 e. The van der Waals surface area contributed by atoms with Crippen molar-refractivity contribution in [3.05, 3.63) is 45.5 Å². The maximum absolute atomic E-state index is 12.1. The normalized spacial score (nSPS) is 11.3. The van der Waals surface area contributed by atoms with Crippen LogP contribution in [0.4, 0.5) is 10.9 Å². The van der Waals surface area contributed by atoms with E-state index in [-0.39, 0.29) is 11.3 Å². The summed E-state index contributed by atoms with van der Waals surface area (Å²) in [5.41, 5.74) is 3.24. The second kappa shape index (κ2) is 7.88. The molecule has 3 aromatic heterocycles. The number of aromatic nitrogens is 4. The third kappa shape index (κ3) is 4.83. The number of hydrogen-bond donors (Lipinski definition) is 2. The van der Waals surface area contributed by atoms with E-state index in [0.717, 1.165) is 29.5 Å². The molecule has 3 heterocycles. The summed E-state index contributed by atoms with van der Waals surface area (Å²) in [6.07, 6.45) is 2.38. The number of nitrogens with one attached hydrogen (secondary N) is 2. The highest BCUT2D eigenvalue weighted by atomic mass is 32.1. The highest BCUT2D eigenvalue weighted by Crippen LogP contribution is 2.24. The summed E-state index contributed by atoms with van der Waals surface area (Å²) in [4.78, 5) is 21.0. The summed E-state index contributed by atoms with van der Waals surface area (Å²) in [6.45, 7) is 7.23. The Labute approximate surface area is 159 Å². The van der Waals surface area contributed by atoms with E-state index in [4.69, 9.17) is 0 Å². The van der Waals surface area contributed by atoms with Crippen LogP contribution in [-0.4, -0.2) is 32.6 Å². The first-order valence-corrected chi connectivity index (χ1v) is 9.90. The number of thiazole rings is 1. The Balaban J connectivity index is 1.50. The fourth-order valence-corrected chi connectivity index (χ4v) is 3.56. The Morgan fingerprint density at radius 2 is 2.08 bits per heavy atom. The molecule has 0 fully saturated rings. The van der Waals surface area contributed by atoms with Crippen LogP contribution in [0.15, 0.2) is 29.2 Å². The number of anilines is 2. The van der Waals surface area contributed by atoms with Crippen molar-refractivity contribution < 1.29 is 4.79 Å². The topological polar surface area (TPSA) is 92.7 Å². The van der Waals surface area contributed by atoms with E-state index in [2.05, 4.69) is 57.0 Å². The molecule has 0 spiro atoms. The first kappa shape index (κ1) is 18.4. The fraction of sp³-hybridized carbons (Fsp3) is 0.353. The van der Waals surface area contributed by atoms with Crippen molar-refractivity contribution in [3.8, 4) is 0 Å². The van der Waals surface area contributed by atoms with Gasteiger partial charge in [-0.3, -0.25) is 10.1 Å². The zero-order valence-electron chi connectivity index (χ0n) is 14.8. The van der Waals surface area contributed by atoms with Gasteiger partial charge in [0.2, 0.25) is 5.13 Å². The molecule has 26 heavy (non-hydrogen) atoms. The second-order valence-corrected chi connectivity index (χ2v) is 8.46. The number of rotatable bonds is 6. The SMILES string of the molecule is CC(C)(C)c1csc(CCNc2ccc(C(=O)Nc3nncs3)cn2)n1. The smallest absolute Gasteiger partial charge is 0.259 e.